The van der Waals surface area contributed by atoms with Crippen molar-refractivity contribution in [3.05, 3.63) is 104 Å². The summed E-state index contributed by atoms with van der Waals surface area (Å²) in [6.07, 6.45) is 0.772. The molecule has 150 valence electrons. The minimum Gasteiger partial charge on any atom is -0.478 e. The molecular formula is C23H17ClN2O4. The maximum absolute atomic E-state index is 11.6. The lowest BCUT2D eigenvalue weighted by atomic mass is 9.75. The maximum Gasteiger partial charge on any atom is 0.335 e. The molecule has 0 saturated heterocycles. The summed E-state index contributed by atoms with van der Waals surface area (Å²) in [7, 11) is 0. The van der Waals surface area contributed by atoms with E-state index in [1.54, 1.807) is 24.3 Å². The first kappa shape index (κ1) is 18.6. The Morgan fingerprint density at radius 3 is 2.63 bits per heavy atom. The van der Waals surface area contributed by atoms with Gasteiger partial charge in [-0.2, -0.15) is 0 Å². The van der Waals surface area contributed by atoms with Crippen molar-refractivity contribution in [2.75, 3.05) is 5.32 Å². The lowest BCUT2D eigenvalue weighted by molar-refractivity contribution is -0.384. The number of carbonyl (C=O) groups is 1. The molecule has 1 aliphatic carbocycles. The molecule has 3 aromatic carbocycles. The largest absolute Gasteiger partial charge is 0.478 e. The van der Waals surface area contributed by atoms with Crippen molar-refractivity contribution in [3.63, 3.8) is 0 Å². The molecule has 3 aromatic rings. The Hall–Kier alpha value is -3.38. The number of rotatable bonds is 3. The number of anilines is 1. The minimum atomic E-state index is -0.968. The fourth-order valence-electron chi connectivity index (χ4n) is 4.88. The molecule has 0 bridgehead atoms. The van der Waals surface area contributed by atoms with Gasteiger partial charge < -0.3 is 10.4 Å². The molecular weight excluding hydrogens is 404 g/mol. The quantitative estimate of drug-likeness (QED) is 0.436. The molecule has 6 nitrogen and oxygen atoms in total. The molecule has 3 unspecified atom stereocenters. The third-order valence-electron chi connectivity index (χ3n) is 6.17. The second kappa shape index (κ2) is 6.85. The van der Waals surface area contributed by atoms with Gasteiger partial charge in [0, 0.05) is 34.3 Å². The van der Waals surface area contributed by atoms with Crippen molar-refractivity contribution in [1.29, 1.82) is 0 Å². The predicted octanol–water partition coefficient (Wildman–Crippen LogP) is 5.42. The van der Waals surface area contributed by atoms with E-state index in [4.69, 9.17) is 11.6 Å². The number of carboxylic acid groups (broad SMARTS) is 1. The number of nitrogens with one attached hydrogen (secondary N) is 1. The molecule has 0 aromatic heterocycles. The van der Waals surface area contributed by atoms with Crippen LogP contribution in [0, 0.1) is 16.0 Å². The van der Waals surface area contributed by atoms with Crippen molar-refractivity contribution in [2.45, 2.75) is 18.4 Å². The molecule has 3 atom stereocenters. The number of nitrogens with zero attached hydrogens (tertiary/aromatic N) is 1. The molecule has 2 N–H and O–H groups in total. The van der Waals surface area contributed by atoms with Crippen LogP contribution in [-0.4, -0.2) is 16.0 Å². The molecule has 0 saturated carbocycles. The average molecular weight is 421 g/mol. The Morgan fingerprint density at radius 1 is 1.07 bits per heavy atom. The lowest BCUT2D eigenvalue weighted by Crippen LogP contribution is -2.31. The highest BCUT2D eigenvalue weighted by Gasteiger charge is 2.44. The zero-order valence-electron chi connectivity index (χ0n) is 15.7. The number of nitro benzene ring substituents is 1. The third kappa shape index (κ3) is 2.83. The van der Waals surface area contributed by atoms with Gasteiger partial charge in [0.05, 0.1) is 16.5 Å². The van der Waals surface area contributed by atoms with Crippen LogP contribution in [0.15, 0.2) is 60.7 Å². The predicted molar refractivity (Wildman–Crippen MR) is 113 cm³/mol. The van der Waals surface area contributed by atoms with Crippen molar-refractivity contribution in [3.8, 4) is 0 Å². The third-order valence-corrected chi connectivity index (χ3v) is 6.52. The number of halogens is 1. The van der Waals surface area contributed by atoms with E-state index < -0.39 is 10.9 Å². The van der Waals surface area contributed by atoms with Crippen LogP contribution < -0.4 is 5.32 Å². The Kier molecular flexibility index (Phi) is 4.25. The summed E-state index contributed by atoms with van der Waals surface area (Å²) in [5, 5.41) is 24.8. The lowest BCUT2D eigenvalue weighted by Gasteiger charge is -2.38. The van der Waals surface area contributed by atoms with Gasteiger partial charge in [0.2, 0.25) is 0 Å². The molecule has 1 heterocycles. The van der Waals surface area contributed by atoms with Crippen molar-refractivity contribution in [2.24, 2.45) is 5.92 Å². The summed E-state index contributed by atoms with van der Waals surface area (Å²) < 4.78 is 0. The number of hydrogen-bond donors (Lipinski definition) is 2. The maximum atomic E-state index is 11.6. The highest BCUT2D eigenvalue weighted by Crippen LogP contribution is 2.54. The second-order valence-corrected chi connectivity index (χ2v) is 8.14. The Balaban J connectivity index is 1.70. The first-order chi connectivity index (χ1) is 14.4. The number of nitro groups is 1. The van der Waals surface area contributed by atoms with Crippen LogP contribution in [-0.2, 0) is 6.42 Å². The average Bonchev–Trinajstić information content (AvgIpc) is 3.13. The van der Waals surface area contributed by atoms with Crippen molar-refractivity contribution < 1.29 is 14.8 Å². The van der Waals surface area contributed by atoms with Crippen LogP contribution in [0.3, 0.4) is 0 Å². The van der Waals surface area contributed by atoms with Crippen molar-refractivity contribution >= 4 is 28.9 Å². The van der Waals surface area contributed by atoms with E-state index in [2.05, 4.69) is 17.4 Å². The Morgan fingerprint density at radius 2 is 1.87 bits per heavy atom. The van der Waals surface area contributed by atoms with E-state index in [9.17, 15) is 20.0 Å². The zero-order valence-corrected chi connectivity index (χ0v) is 16.5. The zero-order chi connectivity index (χ0) is 21.0. The van der Waals surface area contributed by atoms with E-state index in [0.717, 1.165) is 17.7 Å². The summed E-state index contributed by atoms with van der Waals surface area (Å²) >= 11 is 6.49. The summed E-state index contributed by atoms with van der Waals surface area (Å²) in [4.78, 5) is 22.5. The van der Waals surface area contributed by atoms with Gasteiger partial charge in [0.15, 0.2) is 0 Å². The van der Waals surface area contributed by atoms with Crippen LogP contribution in [0.2, 0.25) is 5.02 Å². The van der Waals surface area contributed by atoms with Gasteiger partial charge in [0.25, 0.3) is 5.69 Å². The summed E-state index contributed by atoms with van der Waals surface area (Å²) in [6.45, 7) is 0. The van der Waals surface area contributed by atoms with Gasteiger partial charge in [-0.3, -0.25) is 10.1 Å². The number of aromatic carboxylic acids is 1. The smallest absolute Gasteiger partial charge is 0.335 e. The normalized spacial score (nSPS) is 21.2. The monoisotopic (exact) mass is 420 g/mol. The van der Waals surface area contributed by atoms with Gasteiger partial charge in [-0.05, 0) is 53.3 Å². The number of fused-ring (bicyclic) bond motifs is 5. The van der Waals surface area contributed by atoms with Gasteiger partial charge in [0.1, 0.15) is 0 Å². The molecule has 2 aliphatic rings. The fourth-order valence-corrected chi connectivity index (χ4v) is 5.12. The first-order valence-electron chi connectivity index (χ1n) is 9.59. The standard InChI is InChI=1S/C23H17ClN2O4/c24-19-7-6-14(26(29)30)11-16(19)22-18-9-12-3-1-2-4-15(12)21(18)17-10-13(23(27)28)5-8-20(17)25-22/h1-8,10-11,18,21-22,25H,9H2,(H,27,28). The molecule has 7 heteroatoms. The van der Waals surface area contributed by atoms with Crippen molar-refractivity contribution in [1.82, 2.24) is 0 Å². The molecule has 30 heavy (non-hydrogen) atoms. The van der Waals surface area contributed by atoms with Gasteiger partial charge in [-0.25, -0.2) is 4.79 Å². The molecule has 0 fully saturated rings. The highest BCUT2D eigenvalue weighted by atomic mass is 35.5. The summed E-state index contributed by atoms with van der Waals surface area (Å²) in [5.74, 6) is -0.931. The topological polar surface area (TPSA) is 92.5 Å². The second-order valence-electron chi connectivity index (χ2n) is 7.74. The van der Waals surface area contributed by atoms with E-state index in [-0.39, 0.29) is 29.1 Å². The SMILES string of the molecule is O=C(O)c1ccc2c(c1)C1c3ccccc3CC1C(c1cc([N+](=O)[O-])ccc1Cl)N2. The first-order valence-corrected chi connectivity index (χ1v) is 9.97. The van der Waals surface area contributed by atoms with Crippen LogP contribution in [0.4, 0.5) is 11.4 Å². The van der Waals surface area contributed by atoms with Crippen LogP contribution >= 0.6 is 11.6 Å². The minimum absolute atomic E-state index is 0.00437. The van der Waals surface area contributed by atoms with Gasteiger partial charge >= 0.3 is 5.97 Å². The number of hydrogen-bond acceptors (Lipinski definition) is 4. The highest BCUT2D eigenvalue weighted by molar-refractivity contribution is 6.31. The number of carboxylic acids is 1. The van der Waals surface area contributed by atoms with Crippen LogP contribution in [0.25, 0.3) is 0 Å². The summed E-state index contributed by atoms with van der Waals surface area (Å²) in [6, 6.07) is 17.5. The van der Waals surface area contributed by atoms with Gasteiger partial charge in [-0.1, -0.05) is 35.9 Å². The van der Waals surface area contributed by atoms with Gasteiger partial charge in [-0.15, -0.1) is 0 Å². The molecule has 0 amide bonds. The van der Waals surface area contributed by atoms with E-state index in [1.165, 1.54) is 23.3 Å². The van der Waals surface area contributed by atoms with E-state index in [0.29, 0.717) is 10.6 Å². The fraction of sp³-hybridized carbons (Fsp3) is 0.174. The van der Waals surface area contributed by atoms with E-state index >= 15 is 0 Å². The molecule has 1 aliphatic heterocycles. The molecule has 0 radical (unpaired) electrons. The number of benzene rings is 3. The molecule has 5 rings (SSSR count). The summed E-state index contributed by atoms with van der Waals surface area (Å²) in [5.41, 5.74) is 5.05. The Bertz CT molecular complexity index is 1210. The molecule has 0 spiro atoms. The van der Waals surface area contributed by atoms with Crippen LogP contribution in [0.1, 0.15) is 44.6 Å². The Labute approximate surface area is 177 Å². The van der Waals surface area contributed by atoms with Crippen LogP contribution in [0.5, 0.6) is 0 Å². The van der Waals surface area contributed by atoms with E-state index in [1.807, 2.05) is 12.1 Å². The number of non-ortho nitro benzene ring substituents is 1.